The van der Waals surface area contributed by atoms with Crippen LogP contribution >= 0.6 is 11.3 Å². The number of hydrogen-bond acceptors (Lipinski definition) is 6. The van der Waals surface area contributed by atoms with Crippen molar-refractivity contribution in [2.45, 2.75) is 5.92 Å². The zero-order valence-corrected chi connectivity index (χ0v) is 13.2. The van der Waals surface area contributed by atoms with Crippen molar-refractivity contribution in [3.8, 4) is 11.8 Å². The average Bonchev–Trinajstić information content (AvgIpc) is 2.61. The summed E-state index contributed by atoms with van der Waals surface area (Å²) in [7, 11) is 0. The van der Waals surface area contributed by atoms with Crippen molar-refractivity contribution in [2.75, 3.05) is 0 Å². The second-order valence-corrected chi connectivity index (χ2v) is 6.35. The third kappa shape index (κ3) is 2.07. The van der Waals surface area contributed by atoms with Gasteiger partial charge in [0.1, 0.15) is 17.4 Å². The van der Waals surface area contributed by atoms with Crippen molar-refractivity contribution in [2.24, 2.45) is 5.73 Å². The lowest BCUT2D eigenvalue weighted by atomic mass is 9.85. The van der Waals surface area contributed by atoms with E-state index in [1.165, 1.54) is 0 Å². The number of hydrogen-bond donors (Lipinski definition) is 1. The monoisotopic (exact) mass is 333 g/mol. The highest BCUT2D eigenvalue weighted by Gasteiger charge is 2.34. The summed E-state index contributed by atoms with van der Waals surface area (Å²) in [5.74, 6) is -0.0738. The van der Waals surface area contributed by atoms with Crippen molar-refractivity contribution < 1.29 is 4.74 Å². The molecule has 1 aliphatic heterocycles. The molecule has 0 amide bonds. The Hall–Kier alpha value is -3.17. The van der Waals surface area contributed by atoms with Gasteiger partial charge in [-0.15, -0.1) is 0 Å². The van der Waals surface area contributed by atoms with Crippen molar-refractivity contribution in [3.63, 3.8) is 0 Å². The zero-order chi connectivity index (χ0) is 16.7. The Balaban J connectivity index is 2.10. The maximum atomic E-state index is 12.8. The summed E-state index contributed by atoms with van der Waals surface area (Å²) in [6.07, 6.45) is 3.26. The minimum absolute atomic E-state index is 0.0348. The van der Waals surface area contributed by atoms with Crippen LogP contribution in [0.1, 0.15) is 17.0 Å². The van der Waals surface area contributed by atoms with Crippen LogP contribution in [0.3, 0.4) is 0 Å². The molecule has 24 heavy (non-hydrogen) atoms. The molecule has 0 unspecified atom stereocenters. The van der Waals surface area contributed by atoms with Crippen LogP contribution in [-0.2, 0) is 0 Å². The van der Waals surface area contributed by atoms with Gasteiger partial charge < -0.3 is 10.5 Å². The summed E-state index contributed by atoms with van der Waals surface area (Å²) < 4.78 is 6.40. The Bertz CT molecular complexity index is 1080. The summed E-state index contributed by atoms with van der Waals surface area (Å²) in [6.45, 7) is 0. The fourth-order valence-corrected chi connectivity index (χ4v) is 3.89. The second-order valence-electron chi connectivity index (χ2n) is 5.33. The molecule has 0 spiro atoms. The number of pyridine rings is 1. The maximum absolute atomic E-state index is 12.8. The molecule has 4 rings (SSSR count). The van der Waals surface area contributed by atoms with Crippen LogP contribution < -0.4 is 15.2 Å². The molecule has 6 heteroatoms. The van der Waals surface area contributed by atoms with Gasteiger partial charge in [-0.1, -0.05) is 23.5 Å². The lowest BCUT2D eigenvalue weighted by Gasteiger charge is -2.26. The van der Waals surface area contributed by atoms with Gasteiger partial charge in [0.15, 0.2) is 0 Å². The van der Waals surface area contributed by atoms with Gasteiger partial charge in [-0.3, -0.25) is 9.78 Å². The minimum atomic E-state index is -0.546. The Labute approximate surface area is 141 Å². The molecule has 1 aromatic carbocycles. The molecule has 0 fully saturated rings. The Morgan fingerprint density at radius 2 is 1.96 bits per heavy atom. The topological polar surface area (TPSA) is 89.0 Å². The molecule has 3 aromatic rings. The minimum Gasteiger partial charge on any atom is -0.439 e. The van der Waals surface area contributed by atoms with E-state index in [1.54, 1.807) is 24.5 Å². The molecular formula is C18H11N3O2S. The highest BCUT2D eigenvalue weighted by atomic mass is 32.1. The van der Waals surface area contributed by atoms with E-state index in [0.717, 1.165) is 27.0 Å². The maximum Gasteiger partial charge on any atom is 0.240 e. The van der Waals surface area contributed by atoms with E-state index < -0.39 is 5.92 Å². The molecule has 2 N–H and O–H groups in total. The first-order valence-corrected chi connectivity index (χ1v) is 8.05. The van der Waals surface area contributed by atoms with Crippen LogP contribution in [0.2, 0.25) is 0 Å². The number of nitrogens with two attached hydrogens (primary N) is 1. The summed E-state index contributed by atoms with van der Waals surface area (Å²) in [6, 6.07) is 13.2. The van der Waals surface area contributed by atoms with Gasteiger partial charge in [-0.25, -0.2) is 0 Å². The molecule has 1 atom stereocenters. The molecule has 5 nitrogen and oxygen atoms in total. The molecule has 0 saturated carbocycles. The normalized spacial score (nSPS) is 16.4. The highest BCUT2D eigenvalue weighted by Crippen LogP contribution is 2.43. The van der Waals surface area contributed by atoms with E-state index in [2.05, 4.69) is 11.1 Å². The van der Waals surface area contributed by atoms with Crippen LogP contribution in [0.15, 0.2) is 65.0 Å². The van der Waals surface area contributed by atoms with E-state index in [9.17, 15) is 10.1 Å². The highest BCUT2D eigenvalue weighted by molar-refractivity contribution is 7.16. The molecule has 1 aliphatic rings. The first-order chi connectivity index (χ1) is 11.7. The molecule has 0 radical (unpaired) electrons. The largest absolute Gasteiger partial charge is 0.439 e. The van der Waals surface area contributed by atoms with Gasteiger partial charge in [0, 0.05) is 22.5 Å². The standard InChI is InChI=1S/C18H11N3O2S/c19-9-12-14(10-5-7-21-8-6-10)15-16(23-17(12)20)11-3-1-2-4-13(11)24-18(15)22/h1-8,14H,20H2/t14-/m0/s1. The van der Waals surface area contributed by atoms with Crippen LogP contribution in [0.25, 0.3) is 10.1 Å². The van der Waals surface area contributed by atoms with E-state index in [-0.39, 0.29) is 16.2 Å². The summed E-state index contributed by atoms with van der Waals surface area (Å²) >= 11 is 1.14. The fourth-order valence-electron chi connectivity index (χ4n) is 2.96. The predicted molar refractivity (Wildman–Crippen MR) is 91.6 cm³/mol. The number of fused-ring (bicyclic) bond motifs is 3. The number of benzene rings is 1. The van der Waals surface area contributed by atoms with Crippen LogP contribution in [-0.4, -0.2) is 4.98 Å². The molecule has 3 heterocycles. The van der Waals surface area contributed by atoms with Gasteiger partial charge in [0.2, 0.25) is 10.6 Å². The van der Waals surface area contributed by atoms with E-state index in [1.807, 2.05) is 24.3 Å². The quantitative estimate of drug-likeness (QED) is 0.739. The van der Waals surface area contributed by atoms with Crippen LogP contribution in [0, 0.1) is 11.3 Å². The van der Waals surface area contributed by atoms with E-state index >= 15 is 0 Å². The number of allylic oxidation sites excluding steroid dienone is 1. The van der Waals surface area contributed by atoms with Gasteiger partial charge >= 0.3 is 0 Å². The molecule has 0 aliphatic carbocycles. The number of rotatable bonds is 1. The summed E-state index contributed by atoms with van der Waals surface area (Å²) in [5, 5.41) is 10.4. The van der Waals surface area contributed by atoms with Gasteiger partial charge in [0.25, 0.3) is 0 Å². The summed E-state index contributed by atoms with van der Waals surface area (Å²) in [5.41, 5.74) is 7.48. The molecular weight excluding hydrogens is 322 g/mol. The Morgan fingerprint density at radius 3 is 2.71 bits per heavy atom. The van der Waals surface area contributed by atoms with Gasteiger partial charge in [0.05, 0.1) is 11.5 Å². The number of nitriles is 1. The van der Waals surface area contributed by atoms with Crippen molar-refractivity contribution >= 4 is 21.4 Å². The number of aromatic nitrogens is 1. The smallest absolute Gasteiger partial charge is 0.240 e. The van der Waals surface area contributed by atoms with Gasteiger partial charge in [-0.05, 0) is 29.8 Å². The van der Waals surface area contributed by atoms with E-state index in [0.29, 0.717) is 11.3 Å². The van der Waals surface area contributed by atoms with Crippen molar-refractivity contribution in [1.82, 2.24) is 4.98 Å². The second kappa shape index (κ2) is 5.48. The average molecular weight is 333 g/mol. The third-order valence-electron chi connectivity index (χ3n) is 4.01. The summed E-state index contributed by atoms with van der Waals surface area (Å²) in [4.78, 5) is 16.8. The van der Waals surface area contributed by atoms with Crippen LogP contribution in [0.4, 0.5) is 0 Å². The first-order valence-electron chi connectivity index (χ1n) is 7.24. The first kappa shape index (κ1) is 14.4. The molecule has 0 bridgehead atoms. The van der Waals surface area contributed by atoms with Gasteiger partial charge in [-0.2, -0.15) is 5.26 Å². The third-order valence-corrected chi connectivity index (χ3v) is 4.99. The van der Waals surface area contributed by atoms with Crippen molar-refractivity contribution in [1.29, 1.82) is 5.26 Å². The predicted octanol–water partition coefficient (Wildman–Crippen LogP) is 2.87. The SMILES string of the molecule is N#CC1=C(N)Oc2c(c(=O)sc3ccccc23)[C@H]1c1ccncc1. The van der Waals surface area contributed by atoms with Crippen LogP contribution in [0.5, 0.6) is 5.75 Å². The lowest BCUT2D eigenvalue weighted by molar-refractivity contribution is 0.398. The Morgan fingerprint density at radius 1 is 1.21 bits per heavy atom. The molecule has 0 saturated heterocycles. The lowest BCUT2D eigenvalue weighted by Crippen LogP contribution is -2.25. The molecule has 116 valence electrons. The number of ether oxygens (including phenoxy) is 1. The number of nitrogens with zero attached hydrogens (tertiary/aromatic N) is 2. The Kier molecular flexibility index (Phi) is 3.29. The van der Waals surface area contributed by atoms with Crippen molar-refractivity contribution in [3.05, 3.63) is 80.9 Å². The van der Waals surface area contributed by atoms with E-state index in [4.69, 9.17) is 10.5 Å². The fraction of sp³-hybridized carbons (Fsp3) is 0.0556. The zero-order valence-electron chi connectivity index (χ0n) is 12.4. The molecule has 2 aromatic heterocycles.